The lowest BCUT2D eigenvalue weighted by Gasteiger charge is -2.32. The summed E-state index contributed by atoms with van der Waals surface area (Å²) in [5.74, 6) is -0.131. The van der Waals surface area contributed by atoms with Crippen molar-refractivity contribution in [3.63, 3.8) is 0 Å². The van der Waals surface area contributed by atoms with Gasteiger partial charge in [-0.15, -0.1) is 11.8 Å². The third-order valence-corrected chi connectivity index (χ3v) is 5.98. The molecule has 4 nitrogen and oxygen atoms in total. The molecule has 0 bridgehead atoms. The zero-order chi connectivity index (χ0) is 18.5. The summed E-state index contributed by atoms with van der Waals surface area (Å²) in [4.78, 5) is 27.8. The Kier molecular flexibility index (Phi) is 5.99. The highest BCUT2D eigenvalue weighted by Crippen LogP contribution is 2.39. The third kappa shape index (κ3) is 4.10. The van der Waals surface area contributed by atoms with Gasteiger partial charge < -0.3 is 10.2 Å². The van der Waals surface area contributed by atoms with Crippen LogP contribution < -0.4 is 10.2 Å². The number of hydrogen-bond acceptors (Lipinski definition) is 3. The zero-order valence-corrected chi connectivity index (χ0v) is 16.0. The molecule has 0 aromatic heterocycles. The van der Waals surface area contributed by atoms with Gasteiger partial charge in [0.15, 0.2) is 0 Å². The molecule has 0 saturated carbocycles. The van der Waals surface area contributed by atoms with Gasteiger partial charge in [-0.3, -0.25) is 9.59 Å². The summed E-state index contributed by atoms with van der Waals surface area (Å²) in [6.07, 6.45) is 1.75. The van der Waals surface area contributed by atoms with Crippen LogP contribution in [0.1, 0.15) is 31.4 Å². The minimum absolute atomic E-state index is 0.0126. The Bertz CT molecular complexity index is 789. The second kappa shape index (κ2) is 8.41. The van der Waals surface area contributed by atoms with Gasteiger partial charge in [0.1, 0.15) is 6.54 Å². The number of nitrogens with zero attached hydrogens (tertiary/aromatic N) is 1. The summed E-state index contributed by atoms with van der Waals surface area (Å²) in [7, 11) is 0. The molecule has 1 aliphatic heterocycles. The molecule has 3 rings (SSSR count). The van der Waals surface area contributed by atoms with E-state index in [0.29, 0.717) is 6.54 Å². The van der Waals surface area contributed by atoms with Crippen molar-refractivity contribution in [2.75, 3.05) is 11.4 Å². The Morgan fingerprint density at radius 1 is 1.08 bits per heavy atom. The summed E-state index contributed by atoms with van der Waals surface area (Å²) in [6.45, 7) is 4.65. The van der Waals surface area contributed by atoms with Gasteiger partial charge in [0, 0.05) is 11.4 Å². The summed E-state index contributed by atoms with van der Waals surface area (Å²) >= 11 is 1.59. The molecule has 1 atom stereocenters. The standard InChI is InChI=1S/C21H24N2O2S/c1-3-15-9-11-16(12-10-15)13-22-20(24)14-23-17-7-5-6-8-19(17)26-18(4-2)21(23)25/h5-12,18H,3-4,13-14H2,1-2H3,(H,22,24)/t18-/m1/s1. The molecule has 0 aliphatic carbocycles. The van der Waals surface area contributed by atoms with Gasteiger partial charge >= 0.3 is 0 Å². The summed E-state index contributed by atoms with van der Waals surface area (Å²) < 4.78 is 0. The largest absolute Gasteiger partial charge is 0.350 e. The molecular formula is C21H24N2O2S. The molecule has 0 spiro atoms. The van der Waals surface area contributed by atoms with E-state index < -0.39 is 0 Å². The molecule has 2 aromatic carbocycles. The quantitative estimate of drug-likeness (QED) is 0.844. The maximum atomic E-state index is 12.7. The number of nitrogens with one attached hydrogen (secondary N) is 1. The van der Waals surface area contributed by atoms with E-state index in [9.17, 15) is 9.59 Å². The molecule has 2 aromatic rings. The van der Waals surface area contributed by atoms with E-state index in [1.165, 1.54) is 5.56 Å². The lowest BCUT2D eigenvalue weighted by molar-refractivity contribution is -0.123. The molecule has 0 unspecified atom stereocenters. The van der Waals surface area contributed by atoms with Crippen LogP contribution in [0.25, 0.3) is 0 Å². The Hall–Kier alpha value is -2.27. The predicted octanol–water partition coefficient (Wildman–Crippen LogP) is 3.78. The van der Waals surface area contributed by atoms with Gasteiger partial charge in [-0.2, -0.15) is 0 Å². The number of thioether (sulfide) groups is 1. The molecule has 136 valence electrons. The second-order valence-corrected chi connectivity index (χ2v) is 7.60. The Morgan fingerprint density at radius 2 is 1.77 bits per heavy atom. The number of hydrogen-bond donors (Lipinski definition) is 1. The molecule has 1 heterocycles. The van der Waals surface area contributed by atoms with Crippen molar-refractivity contribution in [3.8, 4) is 0 Å². The van der Waals surface area contributed by atoms with E-state index in [4.69, 9.17) is 0 Å². The first kappa shape index (κ1) is 18.5. The van der Waals surface area contributed by atoms with E-state index in [-0.39, 0.29) is 23.6 Å². The number of rotatable bonds is 6. The van der Waals surface area contributed by atoms with Crippen LogP contribution in [0, 0.1) is 0 Å². The summed E-state index contributed by atoms with van der Waals surface area (Å²) in [6, 6.07) is 16.0. The highest BCUT2D eigenvalue weighted by molar-refractivity contribution is 8.01. The fraction of sp³-hybridized carbons (Fsp3) is 0.333. The van der Waals surface area contributed by atoms with Gasteiger partial charge in [0.25, 0.3) is 0 Å². The normalized spacial score (nSPS) is 16.3. The van der Waals surface area contributed by atoms with Gasteiger partial charge in [0.05, 0.1) is 10.9 Å². The van der Waals surface area contributed by atoms with Crippen LogP contribution in [0.3, 0.4) is 0 Å². The number of benzene rings is 2. The maximum Gasteiger partial charge on any atom is 0.240 e. The van der Waals surface area contributed by atoms with Gasteiger partial charge in [0.2, 0.25) is 11.8 Å². The predicted molar refractivity (Wildman–Crippen MR) is 106 cm³/mol. The topological polar surface area (TPSA) is 49.4 Å². The lowest BCUT2D eigenvalue weighted by Crippen LogP contribution is -2.46. The average Bonchev–Trinajstić information content (AvgIpc) is 2.68. The summed E-state index contributed by atoms with van der Waals surface area (Å²) in [5.41, 5.74) is 3.16. The van der Waals surface area contributed by atoms with Crippen molar-refractivity contribution in [2.24, 2.45) is 0 Å². The molecule has 26 heavy (non-hydrogen) atoms. The van der Waals surface area contributed by atoms with E-state index in [1.807, 2.05) is 43.3 Å². The van der Waals surface area contributed by atoms with Crippen LogP contribution >= 0.6 is 11.8 Å². The molecule has 1 N–H and O–H groups in total. The van der Waals surface area contributed by atoms with Crippen LogP contribution in [0.2, 0.25) is 0 Å². The average molecular weight is 369 g/mol. The Morgan fingerprint density at radius 3 is 2.46 bits per heavy atom. The fourth-order valence-corrected chi connectivity index (χ4v) is 4.15. The van der Waals surface area contributed by atoms with Crippen molar-refractivity contribution in [2.45, 2.75) is 43.4 Å². The number of anilines is 1. The maximum absolute atomic E-state index is 12.7. The van der Waals surface area contributed by atoms with Gasteiger partial charge in [-0.25, -0.2) is 0 Å². The van der Waals surface area contributed by atoms with Crippen LogP contribution in [0.5, 0.6) is 0 Å². The van der Waals surface area contributed by atoms with Crippen LogP contribution in [-0.2, 0) is 22.6 Å². The van der Waals surface area contributed by atoms with E-state index >= 15 is 0 Å². The van der Waals surface area contributed by atoms with Crippen LogP contribution in [0.4, 0.5) is 5.69 Å². The Balaban J connectivity index is 1.66. The molecule has 0 saturated heterocycles. The second-order valence-electron chi connectivity index (χ2n) is 6.35. The monoisotopic (exact) mass is 368 g/mol. The SMILES string of the molecule is CCc1ccc(CNC(=O)CN2C(=O)[C@@H](CC)Sc3ccccc32)cc1. The lowest BCUT2D eigenvalue weighted by atomic mass is 10.1. The van der Waals surface area contributed by atoms with Crippen molar-refractivity contribution < 1.29 is 9.59 Å². The van der Waals surface area contributed by atoms with Crippen molar-refractivity contribution >= 4 is 29.3 Å². The minimum atomic E-state index is -0.144. The molecule has 1 aliphatic rings. The number of para-hydroxylation sites is 1. The van der Waals surface area contributed by atoms with Gasteiger partial charge in [-0.1, -0.05) is 50.2 Å². The van der Waals surface area contributed by atoms with Crippen LogP contribution in [-0.4, -0.2) is 23.6 Å². The van der Waals surface area contributed by atoms with Crippen molar-refractivity contribution in [3.05, 3.63) is 59.7 Å². The first-order valence-corrected chi connectivity index (χ1v) is 9.92. The molecular weight excluding hydrogens is 344 g/mol. The molecule has 2 amide bonds. The highest BCUT2D eigenvalue weighted by atomic mass is 32.2. The number of carbonyl (C=O) groups excluding carboxylic acids is 2. The number of amides is 2. The van der Waals surface area contributed by atoms with E-state index in [2.05, 4.69) is 24.4 Å². The summed E-state index contributed by atoms with van der Waals surface area (Å²) in [5, 5.41) is 2.80. The molecule has 0 radical (unpaired) electrons. The smallest absolute Gasteiger partial charge is 0.240 e. The highest BCUT2D eigenvalue weighted by Gasteiger charge is 2.33. The number of carbonyl (C=O) groups is 2. The van der Waals surface area contributed by atoms with Crippen molar-refractivity contribution in [1.82, 2.24) is 5.32 Å². The third-order valence-electron chi connectivity index (χ3n) is 4.56. The zero-order valence-electron chi connectivity index (χ0n) is 15.2. The number of fused-ring (bicyclic) bond motifs is 1. The van der Waals surface area contributed by atoms with E-state index in [0.717, 1.165) is 29.0 Å². The fourth-order valence-electron chi connectivity index (χ4n) is 2.99. The van der Waals surface area contributed by atoms with Gasteiger partial charge in [-0.05, 0) is 36.1 Å². The number of aryl methyl sites for hydroxylation is 1. The molecule has 0 fully saturated rings. The first-order chi connectivity index (χ1) is 12.6. The first-order valence-electron chi connectivity index (χ1n) is 9.04. The molecule has 5 heteroatoms. The Labute approximate surface area is 159 Å². The minimum Gasteiger partial charge on any atom is -0.350 e. The van der Waals surface area contributed by atoms with Crippen molar-refractivity contribution in [1.29, 1.82) is 0 Å². The van der Waals surface area contributed by atoms with Crippen LogP contribution in [0.15, 0.2) is 53.4 Å². The van der Waals surface area contributed by atoms with E-state index in [1.54, 1.807) is 16.7 Å².